The fourth-order valence-electron chi connectivity index (χ4n) is 4.11. The number of para-hydroxylation sites is 1. The Bertz CT molecular complexity index is 888. The van der Waals surface area contributed by atoms with Gasteiger partial charge in [0.1, 0.15) is 12.4 Å². The number of guanidine groups is 1. The summed E-state index contributed by atoms with van der Waals surface area (Å²) >= 11 is 0. The van der Waals surface area contributed by atoms with Gasteiger partial charge in [0.2, 0.25) is 6.79 Å². The molecule has 0 saturated carbocycles. The Balaban J connectivity index is 0.00000289. The normalized spacial score (nSPS) is 16.8. The number of ether oxygens (including phenoxy) is 4. The number of rotatable bonds is 7. The molecule has 2 aromatic rings. The van der Waals surface area contributed by atoms with Crippen LogP contribution in [-0.4, -0.2) is 64.7 Å². The number of fused-ring (bicyclic) bond motifs is 1. The van der Waals surface area contributed by atoms with Crippen molar-refractivity contribution in [3.05, 3.63) is 54.1 Å². The molecule has 1 fully saturated rings. The minimum atomic E-state index is -0.0451. The lowest BCUT2D eigenvalue weighted by molar-refractivity contribution is 0.0511. The number of benzene rings is 2. The minimum absolute atomic E-state index is 0. The third-order valence-electron chi connectivity index (χ3n) is 6.03. The second kappa shape index (κ2) is 11.6. The Labute approximate surface area is 207 Å². The number of likely N-dealkylation sites (N-methyl/N-ethyl adjacent to an activating group) is 1. The maximum atomic E-state index is 5.83. The Morgan fingerprint density at radius 1 is 1.09 bits per heavy atom. The molecule has 0 aliphatic carbocycles. The van der Waals surface area contributed by atoms with Crippen LogP contribution in [0.1, 0.15) is 18.4 Å². The van der Waals surface area contributed by atoms with Crippen LogP contribution in [0.15, 0.2) is 53.5 Å². The van der Waals surface area contributed by atoms with Gasteiger partial charge in [-0.15, -0.1) is 24.0 Å². The summed E-state index contributed by atoms with van der Waals surface area (Å²) in [4.78, 5) is 6.57. The molecule has 174 valence electrons. The Hall–Kier alpha value is -2.20. The van der Waals surface area contributed by atoms with E-state index in [1.165, 1.54) is 5.56 Å². The number of halogens is 1. The van der Waals surface area contributed by atoms with Crippen molar-refractivity contribution in [3.8, 4) is 17.2 Å². The number of nitrogens with one attached hydrogen (secondary N) is 1. The minimum Gasteiger partial charge on any atom is -0.492 e. The van der Waals surface area contributed by atoms with Gasteiger partial charge in [0, 0.05) is 39.3 Å². The van der Waals surface area contributed by atoms with Crippen molar-refractivity contribution in [1.82, 2.24) is 10.2 Å². The zero-order chi connectivity index (χ0) is 21.5. The second-order valence-corrected chi connectivity index (χ2v) is 7.94. The third kappa shape index (κ3) is 5.78. The van der Waals surface area contributed by atoms with Crippen molar-refractivity contribution >= 4 is 29.9 Å². The number of aliphatic imine (C=N–C) groups is 1. The quantitative estimate of drug-likeness (QED) is 0.321. The highest BCUT2D eigenvalue weighted by molar-refractivity contribution is 14.0. The molecular weight excluding hydrogens is 521 g/mol. The number of hydrogen-bond donors (Lipinski definition) is 1. The van der Waals surface area contributed by atoms with Gasteiger partial charge >= 0.3 is 0 Å². The SMILES string of the molecule is CN=C(NCC1(c2ccc3c(c2)OCO3)CCOCC1)N(C)CCOc1ccccc1.I. The standard InChI is InChI=1S/C24H31N3O4.HI/c1-25-23(27(2)12-15-29-20-6-4-3-5-7-20)26-17-24(10-13-28-14-11-24)19-8-9-21-22(16-19)31-18-30-21;/h3-9,16H,10-15,17-18H2,1-2H3,(H,25,26);1H. The van der Waals surface area contributed by atoms with E-state index in [-0.39, 0.29) is 36.2 Å². The van der Waals surface area contributed by atoms with E-state index < -0.39 is 0 Å². The van der Waals surface area contributed by atoms with Gasteiger partial charge < -0.3 is 29.2 Å². The summed E-state index contributed by atoms with van der Waals surface area (Å²) in [5.41, 5.74) is 1.20. The highest BCUT2D eigenvalue weighted by Crippen LogP contribution is 2.40. The maximum absolute atomic E-state index is 5.83. The summed E-state index contributed by atoms with van der Waals surface area (Å²) in [6.45, 7) is 3.87. The fourth-order valence-corrected chi connectivity index (χ4v) is 4.11. The molecule has 0 spiro atoms. The molecule has 0 radical (unpaired) electrons. The third-order valence-corrected chi connectivity index (χ3v) is 6.03. The molecule has 0 bridgehead atoms. The topological polar surface area (TPSA) is 64.6 Å². The van der Waals surface area contributed by atoms with Crippen LogP contribution in [0.4, 0.5) is 0 Å². The summed E-state index contributed by atoms with van der Waals surface area (Å²) < 4.78 is 22.6. The summed E-state index contributed by atoms with van der Waals surface area (Å²) in [5.74, 6) is 3.36. The van der Waals surface area contributed by atoms with Gasteiger partial charge in [0.15, 0.2) is 17.5 Å². The van der Waals surface area contributed by atoms with Crippen molar-refractivity contribution in [3.63, 3.8) is 0 Å². The first kappa shape index (κ1) is 24.4. The van der Waals surface area contributed by atoms with Crippen LogP contribution >= 0.6 is 24.0 Å². The van der Waals surface area contributed by atoms with Crippen LogP contribution in [-0.2, 0) is 10.2 Å². The average Bonchev–Trinajstić information content (AvgIpc) is 3.29. The molecule has 32 heavy (non-hydrogen) atoms. The molecule has 2 aromatic carbocycles. The van der Waals surface area contributed by atoms with Gasteiger partial charge in [-0.2, -0.15) is 0 Å². The lowest BCUT2D eigenvalue weighted by Crippen LogP contribution is -2.49. The highest BCUT2D eigenvalue weighted by Gasteiger charge is 2.36. The molecule has 8 heteroatoms. The highest BCUT2D eigenvalue weighted by atomic mass is 127. The van der Waals surface area contributed by atoms with E-state index in [1.807, 2.05) is 50.5 Å². The fraction of sp³-hybridized carbons (Fsp3) is 0.458. The van der Waals surface area contributed by atoms with Gasteiger partial charge in [0.05, 0.1) is 6.54 Å². The monoisotopic (exact) mass is 553 g/mol. The predicted molar refractivity (Wildman–Crippen MR) is 136 cm³/mol. The maximum Gasteiger partial charge on any atom is 0.231 e. The Morgan fingerprint density at radius 2 is 1.84 bits per heavy atom. The van der Waals surface area contributed by atoms with E-state index in [1.54, 1.807) is 0 Å². The van der Waals surface area contributed by atoms with Crippen LogP contribution in [0.3, 0.4) is 0 Å². The van der Waals surface area contributed by atoms with Crippen molar-refractivity contribution < 1.29 is 18.9 Å². The molecule has 1 N–H and O–H groups in total. The molecule has 0 amide bonds. The second-order valence-electron chi connectivity index (χ2n) is 7.94. The first-order valence-corrected chi connectivity index (χ1v) is 10.8. The average molecular weight is 553 g/mol. The zero-order valence-electron chi connectivity index (χ0n) is 18.7. The molecule has 2 aliphatic rings. The molecule has 0 atom stereocenters. The van der Waals surface area contributed by atoms with Gasteiger partial charge in [-0.25, -0.2) is 0 Å². The Kier molecular flexibility index (Phi) is 8.86. The molecule has 7 nitrogen and oxygen atoms in total. The zero-order valence-corrected chi connectivity index (χ0v) is 21.0. The molecule has 0 aromatic heterocycles. The number of nitrogens with zero attached hydrogens (tertiary/aromatic N) is 2. The lowest BCUT2D eigenvalue weighted by Gasteiger charge is -2.39. The van der Waals surface area contributed by atoms with Crippen LogP contribution in [0.25, 0.3) is 0 Å². The van der Waals surface area contributed by atoms with E-state index in [2.05, 4.69) is 27.3 Å². The van der Waals surface area contributed by atoms with Crippen LogP contribution in [0, 0.1) is 0 Å². The van der Waals surface area contributed by atoms with Crippen molar-refractivity contribution in [2.24, 2.45) is 4.99 Å². The molecule has 4 rings (SSSR count). The van der Waals surface area contributed by atoms with E-state index in [0.717, 1.165) is 62.4 Å². The van der Waals surface area contributed by atoms with Crippen LogP contribution in [0.5, 0.6) is 17.2 Å². The molecule has 1 saturated heterocycles. The van der Waals surface area contributed by atoms with E-state index in [4.69, 9.17) is 18.9 Å². The number of hydrogen-bond acceptors (Lipinski definition) is 5. The Morgan fingerprint density at radius 3 is 2.59 bits per heavy atom. The summed E-state index contributed by atoms with van der Waals surface area (Å²) in [6.07, 6.45) is 1.88. The van der Waals surface area contributed by atoms with Crippen LogP contribution < -0.4 is 19.5 Å². The molecule has 2 aliphatic heterocycles. The van der Waals surface area contributed by atoms with Crippen molar-refractivity contribution in [2.75, 3.05) is 53.8 Å². The first-order chi connectivity index (χ1) is 15.2. The van der Waals surface area contributed by atoms with Crippen LogP contribution in [0.2, 0.25) is 0 Å². The van der Waals surface area contributed by atoms with E-state index in [9.17, 15) is 0 Å². The summed E-state index contributed by atoms with van der Waals surface area (Å²) in [7, 11) is 3.84. The first-order valence-electron chi connectivity index (χ1n) is 10.8. The van der Waals surface area contributed by atoms with Gasteiger partial charge in [0.25, 0.3) is 0 Å². The van der Waals surface area contributed by atoms with E-state index in [0.29, 0.717) is 6.61 Å². The molecule has 0 unspecified atom stereocenters. The smallest absolute Gasteiger partial charge is 0.231 e. The van der Waals surface area contributed by atoms with Gasteiger partial charge in [-0.05, 0) is 42.7 Å². The van der Waals surface area contributed by atoms with Crippen molar-refractivity contribution in [1.29, 1.82) is 0 Å². The lowest BCUT2D eigenvalue weighted by atomic mass is 9.74. The molecule has 2 heterocycles. The summed E-state index contributed by atoms with van der Waals surface area (Å²) in [6, 6.07) is 16.1. The van der Waals surface area contributed by atoms with Gasteiger partial charge in [-0.1, -0.05) is 24.3 Å². The van der Waals surface area contributed by atoms with E-state index >= 15 is 0 Å². The predicted octanol–water partition coefficient (Wildman–Crippen LogP) is 3.67. The summed E-state index contributed by atoms with van der Waals surface area (Å²) in [5, 5.41) is 3.59. The van der Waals surface area contributed by atoms with Gasteiger partial charge in [-0.3, -0.25) is 4.99 Å². The molecular formula is C24H32IN3O4. The largest absolute Gasteiger partial charge is 0.492 e. The van der Waals surface area contributed by atoms with Crippen molar-refractivity contribution in [2.45, 2.75) is 18.3 Å².